The number of benzene rings is 1. The van der Waals surface area contributed by atoms with Gasteiger partial charge in [0.1, 0.15) is 0 Å². The lowest BCUT2D eigenvalue weighted by Gasteiger charge is -2.19. The molecule has 0 aliphatic heterocycles. The van der Waals surface area contributed by atoms with Crippen molar-refractivity contribution < 1.29 is 9.13 Å². The molecule has 20 heavy (non-hydrogen) atoms. The summed E-state index contributed by atoms with van der Waals surface area (Å²) >= 11 is 0. The molecule has 0 saturated heterocycles. The number of ether oxygens (including phenoxy) is 1. The first-order chi connectivity index (χ1) is 9.71. The SMILES string of the molecule is CCCn1nccc1C(NN)c1ccc(F)c(OC)c1. The fraction of sp³-hybridized carbons (Fsp3) is 0.357. The maximum atomic E-state index is 13.5. The van der Waals surface area contributed by atoms with Crippen molar-refractivity contribution in [1.82, 2.24) is 15.2 Å². The van der Waals surface area contributed by atoms with Gasteiger partial charge in [0, 0.05) is 12.7 Å². The lowest BCUT2D eigenvalue weighted by atomic mass is 10.0. The monoisotopic (exact) mass is 278 g/mol. The van der Waals surface area contributed by atoms with Gasteiger partial charge in [0.2, 0.25) is 0 Å². The van der Waals surface area contributed by atoms with Gasteiger partial charge in [0.15, 0.2) is 11.6 Å². The van der Waals surface area contributed by atoms with Gasteiger partial charge < -0.3 is 4.74 Å². The average molecular weight is 278 g/mol. The number of hydrogen-bond acceptors (Lipinski definition) is 4. The number of halogens is 1. The Morgan fingerprint density at radius 1 is 1.45 bits per heavy atom. The molecular formula is C14H19FN4O. The Morgan fingerprint density at radius 3 is 2.90 bits per heavy atom. The van der Waals surface area contributed by atoms with Gasteiger partial charge in [-0.3, -0.25) is 10.5 Å². The highest BCUT2D eigenvalue weighted by Gasteiger charge is 2.18. The molecule has 0 radical (unpaired) electrons. The normalized spacial score (nSPS) is 12.4. The smallest absolute Gasteiger partial charge is 0.165 e. The van der Waals surface area contributed by atoms with Gasteiger partial charge in [0.05, 0.1) is 18.8 Å². The molecule has 6 heteroatoms. The standard InChI is InChI=1S/C14H19FN4O/c1-3-8-19-12(6-7-17-19)14(18-16)10-4-5-11(15)13(9-10)20-2/h4-7,9,14,18H,3,8,16H2,1-2H3. The van der Waals surface area contributed by atoms with Crippen LogP contribution < -0.4 is 16.0 Å². The van der Waals surface area contributed by atoms with Crippen LogP contribution >= 0.6 is 0 Å². The molecule has 1 atom stereocenters. The summed E-state index contributed by atoms with van der Waals surface area (Å²) in [5.74, 6) is 5.47. The van der Waals surface area contributed by atoms with Crippen molar-refractivity contribution in [2.45, 2.75) is 25.9 Å². The molecule has 0 amide bonds. The molecule has 1 unspecified atom stereocenters. The van der Waals surface area contributed by atoms with Crippen LogP contribution in [0.1, 0.15) is 30.6 Å². The molecular weight excluding hydrogens is 259 g/mol. The van der Waals surface area contributed by atoms with E-state index in [1.165, 1.54) is 13.2 Å². The van der Waals surface area contributed by atoms with E-state index in [2.05, 4.69) is 17.4 Å². The zero-order valence-electron chi connectivity index (χ0n) is 11.6. The molecule has 0 aliphatic rings. The summed E-state index contributed by atoms with van der Waals surface area (Å²) in [6, 6.07) is 6.34. The van der Waals surface area contributed by atoms with Crippen molar-refractivity contribution in [2.24, 2.45) is 5.84 Å². The average Bonchev–Trinajstić information content (AvgIpc) is 2.90. The lowest BCUT2D eigenvalue weighted by molar-refractivity contribution is 0.385. The number of aromatic nitrogens is 2. The molecule has 0 bridgehead atoms. The second kappa shape index (κ2) is 6.49. The third-order valence-electron chi connectivity index (χ3n) is 3.16. The fourth-order valence-corrected chi connectivity index (χ4v) is 2.20. The zero-order valence-corrected chi connectivity index (χ0v) is 11.6. The summed E-state index contributed by atoms with van der Waals surface area (Å²) in [7, 11) is 1.44. The van der Waals surface area contributed by atoms with E-state index < -0.39 is 5.82 Å². The van der Waals surface area contributed by atoms with E-state index >= 15 is 0 Å². The van der Waals surface area contributed by atoms with Gasteiger partial charge >= 0.3 is 0 Å². The molecule has 3 N–H and O–H groups in total. The Labute approximate surface area is 117 Å². The molecule has 1 aromatic heterocycles. The van der Waals surface area contributed by atoms with E-state index in [0.29, 0.717) is 0 Å². The van der Waals surface area contributed by atoms with Crippen LogP contribution in [0, 0.1) is 5.82 Å². The molecule has 1 heterocycles. The fourth-order valence-electron chi connectivity index (χ4n) is 2.20. The second-order valence-corrected chi connectivity index (χ2v) is 4.47. The molecule has 0 spiro atoms. The first kappa shape index (κ1) is 14.5. The van der Waals surface area contributed by atoms with E-state index in [9.17, 15) is 4.39 Å². The first-order valence-corrected chi connectivity index (χ1v) is 6.52. The number of methoxy groups -OCH3 is 1. The summed E-state index contributed by atoms with van der Waals surface area (Å²) in [6.45, 7) is 2.89. The maximum absolute atomic E-state index is 13.5. The Hall–Kier alpha value is -1.92. The number of nitrogens with zero attached hydrogens (tertiary/aromatic N) is 2. The summed E-state index contributed by atoms with van der Waals surface area (Å²) in [5, 5.41) is 4.28. The number of nitrogens with one attached hydrogen (secondary N) is 1. The number of hydrazine groups is 1. The van der Waals surface area contributed by atoms with Gasteiger partial charge in [-0.1, -0.05) is 13.0 Å². The van der Waals surface area contributed by atoms with Crippen LogP contribution in [0.2, 0.25) is 0 Å². The minimum absolute atomic E-state index is 0.198. The van der Waals surface area contributed by atoms with E-state index in [-0.39, 0.29) is 11.8 Å². The van der Waals surface area contributed by atoms with Gasteiger partial charge in [-0.2, -0.15) is 5.10 Å². The van der Waals surface area contributed by atoms with E-state index in [1.54, 1.807) is 18.3 Å². The predicted octanol–water partition coefficient (Wildman–Crippen LogP) is 1.99. The van der Waals surface area contributed by atoms with Crippen molar-refractivity contribution in [3.63, 3.8) is 0 Å². The van der Waals surface area contributed by atoms with Crippen molar-refractivity contribution >= 4 is 0 Å². The minimum atomic E-state index is -0.394. The molecule has 2 rings (SSSR count). The Kier molecular flexibility index (Phi) is 4.70. The van der Waals surface area contributed by atoms with Crippen LogP contribution in [0.25, 0.3) is 0 Å². The predicted molar refractivity (Wildman–Crippen MR) is 74.6 cm³/mol. The first-order valence-electron chi connectivity index (χ1n) is 6.52. The number of rotatable bonds is 6. The van der Waals surface area contributed by atoms with Crippen molar-refractivity contribution in [2.75, 3.05) is 7.11 Å². The van der Waals surface area contributed by atoms with Gasteiger partial charge in [-0.25, -0.2) is 9.82 Å². The summed E-state index contributed by atoms with van der Waals surface area (Å²) < 4.78 is 20.4. The van der Waals surface area contributed by atoms with Crippen molar-refractivity contribution in [3.8, 4) is 5.75 Å². The number of hydrogen-bond donors (Lipinski definition) is 2. The molecule has 0 aliphatic carbocycles. The van der Waals surface area contributed by atoms with Crippen LogP contribution in [0.15, 0.2) is 30.5 Å². The Morgan fingerprint density at radius 2 is 2.25 bits per heavy atom. The molecule has 1 aromatic carbocycles. The Bertz CT molecular complexity index is 570. The molecule has 2 aromatic rings. The molecule has 108 valence electrons. The van der Waals surface area contributed by atoms with Crippen LogP contribution in [-0.4, -0.2) is 16.9 Å². The summed E-state index contributed by atoms with van der Waals surface area (Å²) in [5.41, 5.74) is 4.51. The van der Waals surface area contributed by atoms with Crippen molar-refractivity contribution in [3.05, 3.63) is 47.5 Å². The Balaban J connectivity index is 2.39. The number of nitrogens with two attached hydrogens (primary N) is 1. The van der Waals surface area contributed by atoms with Gasteiger partial charge in [0.25, 0.3) is 0 Å². The summed E-state index contributed by atoms with van der Waals surface area (Å²) in [4.78, 5) is 0. The maximum Gasteiger partial charge on any atom is 0.165 e. The largest absolute Gasteiger partial charge is 0.494 e. The minimum Gasteiger partial charge on any atom is -0.494 e. The van der Waals surface area contributed by atoms with E-state index in [1.807, 2.05) is 10.7 Å². The van der Waals surface area contributed by atoms with Crippen LogP contribution in [-0.2, 0) is 6.54 Å². The number of aryl methyl sites for hydroxylation is 1. The van der Waals surface area contributed by atoms with Gasteiger partial charge in [-0.15, -0.1) is 0 Å². The van der Waals surface area contributed by atoms with E-state index in [0.717, 1.165) is 24.2 Å². The highest BCUT2D eigenvalue weighted by Crippen LogP contribution is 2.26. The third kappa shape index (κ3) is 2.81. The zero-order chi connectivity index (χ0) is 14.5. The lowest BCUT2D eigenvalue weighted by Crippen LogP contribution is -2.30. The molecule has 0 fully saturated rings. The van der Waals surface area contributed by atoms with Crippen LogP contribution in [0.5, 0.6) is 5.75 Å². The highest BCUT2D eigenvalue weighted by atomic mass is 19.1. The van der Waals surface area contributed by atoms with Crippen LogP contribution in [0.3, 0.4) is 0 Å². The topological polar surface area (TPSA) is 65.1 Å². The second-order valence-electron chi connectivity index (χ2n) is 4.47. The highest BCUT2D eigenvalue weighted by molar-refractivity contribution is 5.35. The quantitative estimate of drug-likeness (QED) is 0.626. The molecule has 0 saturated carbocycles. The van der Waals surface area contributed by atoms with Crippen LogP contribution in [0.4, 0.5) is 4.39 Å². The third-order valence-corrected chi connectivity index (χ3v) is 3.16. The molecule has 5 nitrogen and oxygen atoms in total. The van der Waals surface area contributed by atoms with E-state index in [4.69, 9.17) is 10.6 Å². The van der Waals surface area contributed by atoms with Gasteiger partial charge in [-0.05, 0) is 30.2 Å². The van der Waals surface area contributed by atoms with Crippen molar-refractivity contribution in [1.29, 1.82) is 0 Å². The summed E-state index contributed by atoms with van der Waals surface area (Å²) in [6.07, 6.45) is 2.70.